The zero-order valence-corrected chi connectivity index (χ0v) is 13.6. The number of hydrogen-bond acceptors (Lipinski definition) is 3. The number of likely N-dealkylation sites (N-methyl/N-ethyl adjacent to an activating group) is 1. The van der Waals surface area contributed by atoms with E-state index < -0.39 is 5.54 Å². The molecular formula is C16H33N3O. The van der Waals surface area contributed by atoms with Crippen LogP contribution in [0.15, 0.2) is 0 Å². The second-order valence-electron chi connectivity index (χ2n) is 6.46. The van der Waals surface area contributed by atoms with Gasteiger partial charge in [0.25, 0.3) is 0 Å². The number of hydrogen-bond donors (Lipinski definition) is 2. The van der Waals surface area contributed by atoms with E-state index >= 15 is 0 Å². The molecule has 0 bridgehead atoms. The molecular weight excluding hydrogens is 250 g/mol. The predicted molar refractivity (Wildman–Crippen MR) is 84.6 cm³/mol. The molecule has 0 radical (unpaired) electrons. The fourth-order valence-electron chi connectivity index (χ4n) is 3.25. The second kappa shape index (κ2) is 8.63. The van der Waals surface area contributed by atoms with Crippen molar-refractivity contribution in [2.75, 3.05) is 20.1 Å². The fraction of sp³-hybridized carbons (Fsp3) is 0.938. The number of carbonyl (C=O) groups is 1. The Hall–Kier alpha value is -0.610. The Kier molecular flexibility index (Phi) is 7.52. The molecule has 3 N–H and O–H groups in total. The molecule has 1 aliphatic carbocycles. The summed E-state index contributed by atoms with van der Waals surface area (Å²) in [6.45, 7) is 5.76. The molecule has 0 aliphatic heterocycles. The molecule has 1 saturated carbocycles. The van der Waals surface area contributed by atoms with Gasteiger partial charge < -0.3 is 16.0 Å². The van der Waals surface area contributed by atoms with Gasteiger partial charge in [-0.25, -0.2) is 0 Å². The highest BCUT2D eigenvalue weighted by Gasteiger charge is 2.29. The first-order valence-corrected chi connectivity index (χ1v) is 8.25. The number of amides is 1. The maximum Gasteiger partial charge on any atom is 0.237 e. The Morgan fingerprint density at radius 3 is 2.40 bits per heavy atom. The lowest BCUT2D eigenvalue weighted by atomic mass is 9.94. The van der Waals surface area contributed by atoms with Crippen molar-refractivity contribution in [2.24, 2.45) is 5.73 Å². The van der Waals surface area contributed by atoms with Crippen LogP contribution < -0.4 is 11.1 Å². The fourth-order valence-corrected chi connectivity index (χ4v) is 3.25. The van der Waals surface area contributed by atoms with Crippen LogP contribution in [0.2, 0.25) is 0 Å². The average Bonchev–Trinajstić information content (AvgIpc) is 2.67. The van der Waals surface area contributed by atoms with Crippen LogP contribution in [0.5, 0.6) is 0 Å². The van der Waals surface area contributed by atoms with E-state index in [1.165, 1.54) is 38.5 Å². The Morgan fingerprint density at radius 2 is 1.90 bits per heavy atom. The quantitative estimate of drug-likeness (QED) is 0.672. The first kappa shape index (κ1) is 17.4. The van der Waals surface area contributed by atoms with E-state index in [0.717, 1.165) is 32.0 Å². The number of nitrogens with two attached hydrogens (primary N) is 1. The minimum absolute atomic E-state index is 0.239. The summed E-state index contributed by atoms with van der Waals surface area (Å²) in [7, 11) is 2.23. The van der Waals surface area contributed by atoms with Crippen LogP contribution in [-0.2, 0) is 4.79 Å². The Morgan fingerprint density at radius 1 is 1.30 bits per heavy atom. The molecule has 1 amide bonds. The normalized spacial score (nSPS) is 20.6. The molecule has 0 aromatic rings. The van der Waals surface area contributed by atoms with E-state index in [0.29, 0.717) is 0 Å². The van der Waals surface area contributed by atoms with Crippen molar-refractivity contribution in [1.29, 1.82) is 0 Å². The molecule has 1 atom stereocenters. The summed E-state index contributed by atoms with van der Waals surface area (Å²) in [6.07, 6.45) is 10.0. The van der Waals surface area contributed by atoms with Gasteiger partial charge in [0.05, 0.1) is 5.54 Å². The van der Waals surface area contributed by atoms with Gasteiger partial charge >= 0.3 is 0 Å². The number of nitrogens with one attached hydrogen (secondary N) is 1. The van der Waals surface area contributed by atoms with Gasteiger partial charge in [0.1, 0.15) is 0 Å². The summed E-state index contributed by atoms with van der Waals surface area (Å²) in [6, 6.07) is 0.733. The Balaban J connectivity index is 2.35. The van der Waals surface area contributed by atoms with Crippen LogP contribution in [0, 0.1) is 0 Å². The van der Waals surface area contributed by atoms with Crippen molar-refractivity contribution in [3.63, 3.8) is 0 Å². The topological polar surface area (TPSA) is 58.4 Å². The van der Waals surface area contributed by atoms with Crippen molar-refractivity contribution in [1.82, 2.24) is 10.2 Å². The summed E-state index contributed by atoms with van der Waals surface area (Å²) < 4.78 is 0. The SMILES string of the molecule is CCNC(C)(CCCN(C)C1CCCCCC1)C(N)=O. The lowest BCUT2D eigenvalue weighted by Gasteiger charge is -2.30. The van der Waals surface area contributed by atoms with E-state index in [4.69, 9.17) is 5.73 Å². The van der Waals surface area contributed by atoms with Crippen LogP contribution in [0.1, 0.15) is 65.2 Å². The monoisotopic (exact) mass is 283 g/mol. The third-order valence-electron chi connectivity index (χ3n) is 4.75. The third-order valence-corrected chi connectivity index (χ3v) is 4.75. The predicted octanol–water partition coefficient (Wildman–Crippen LogP) is 2.27. The van der Waals surface area contributed by atoms with Crippen molar-refractivity contribution < 1.29 is 4.79 Å². The minimum Gasteiger partial charge on any atom is -0.368 e. The minimum atomic E-state index is -0.557. The molecule has 1 aliphatic rings. The smallest absolute Gasteiger partial charge is 0.237 e. The van der Waals surface area contributed by atoms with Crippen LogP contribution in [0.25, 0.3) is 0 Å². The largest absolute Gasteiger partial charge is 0.368 e. The highest BCUT2D eigenvalue weighted by atomic mass is 16.1. The summed E-state index contributed by atoms with van der Waals surface area (Å²) >= 11 is 0. The number of rotatable bonds is 8. The maximum absolute atomic E-state index is 11.6. The molecule has 20 heavy (non-hydrogen) atoms. The molecule has 0 aromatic carbocycles. The molecule has 4 heteroatoms. The number of primary amides is 1. The van der Waals surface area contributed by atoms with Crippen LogP contribution in [-0.4, -0.2) is 42.5 Å². The van der Waals surface area contributed by atoms with Gasteiger partial charge in [-0.05, 0) is 52.7 Å². The maximum atomic E-state index is 11.6. The summed E-state index contributed by atoms with van der Waals surface area (Å²) in [5.41, 5.74) is 4.97. The van der Waals surface area contributed by atoms with Gasteiger partial charge in [-0.1, -0.05) is 32.6 Å². The molecule has 118 valence electrons. The molecule has 0 saturated heterocycles. The highest BCUT2D eigenvalue weighted by Crippen LogP contribution is 2.22. The average molecular weight is 283 g/mol. The van der Waals surface area contributed by atoms with Gasteiger partial charge in [0.2, 0.25) is 5.91 Å². The van der Waals surface area contributed by atoms with E-state index in [1.807, 2.05) is 13.8 Å². The standard InChI is InChI=1S/C16H33N3O/c1-4-18-16(2,15(17)20)12-9-13-19(3)14-10-7-5-6-8-11-14/h14,18H,4-13H2,1-3H3,(H2,17,20). The molecule has 4 nitrogen and oxygen atoms in total. The van der Waals surface area contributed by atoms with Crippen LogP contribution in [0.3, 0.4) is 0 Å². The molecule has 1 fully saturated rings. The van der Waals surface area contributed by atoms with Gasteiger partial charge in [-0.3, -0.25) is 4.79 Å². The summed E-state index contributed by atoms with van der Waals surface area (Å²) in [5, 5.41) is 3.23. The van der Waals surface area contributed by atoms with E-state index in [1.54, 1.807) is 0 Å². The first-order valence-electron chi connectivity index (χ1n) is 8.25. The Bertz CT molecular complexity index is 287. The van der Waals surface area contributed by atoms with E-state index in [2.05, 4.69) is 17.3 Å². The third kappa shape index (κ3) is 5.41. The molecule has 0 heterocycles. The lowest BCUT2D eigenvalue weighted by molar-refractivity contribution is -0.124. The zero-order chi connectivity index (χ0) is 15.0. The molecule has 0 spiro atoms. The molecule has 1 unspecified atom stereocenters. The number of nitrogens with zero attached hydrogens (tertiary/aromatic N) is 1. The van der Waals surface area contributed by atoms with E-state index in [9.17, 15) is 4.79 Å². The molecule has 0 aromatic heterocycles. The van der Waals surface area contributed by atoms with Crippen LogP contribution >= 0.6 is 0 Å². The number of carbonyl (C=O) groups excluding carboxylic acids is 1. The van der Waals surface area contributed by atoms with Crippen molar-refractivity contribution in [3.8, 4) is 0 Å². The van der Waals surface area contributed by atoms with Crippen molar-refractivity contribution >= 4 is 5.91 Å². The van der Waals surface area contributed by atoms with Crippen LogP contribution in [0.4, 0.5) is 0 Å². The lowest BCUT2D eigenvalue weighted by Crippen LogP contribution is -2.53. The zero-order valence-electron chi connectivity index (χ0n) is 13.6. The van der Waals surface area contributed by atoms with Gasteiger partial charge in [-0.15, -0.1) is 0 Å². The van der Waals surface area contributed by atoms with Gasteiger partial charge in [-0.2, -0.15) is 0 Å². The van der Waals surface area contributed by atoms with Gasteiger partial charge in [0.15, 0.2) is 0 Å². The van der Waals surface area contributed by atoms with E-state index in [-0.39, 0.29) is 5.91 Å². The van der Waals surface area contributed by atoms with Crippen molar-refractivity contribution in [3.05, 3.63) is 0 Å². The van der Waals surface area contributed by atoms with Crippen molar-refractivity contribution in [2.45, 2.75) is 76.8 Å². The Labute approximate surface area is 124 Å². The second-order valence-corrected chi connectivity index (χ2v) is 6.46. The highest BCUT2D eigenvalue weighted by molar-refractivity contribution is 5.84. The molecule has 1 rings (SSSR count). The first-order chi connectivity index (χ1) is 9.49. The summed E-state index contributed by atoms with van der Waals surface area (Å²) in [5.74, 6) is -0.239. The van der Waals surface area contributed by atoms with Gasteiger partial charge in [0, 0.05) is 6.04 Å². The summed E-state index contributed by atoms with van der Waals surface area (Å²) in [4.78, 5) is 14.1.